The predicted molar refractivity (Wildman–Crippen MR) is 86.3 cm³/mol. The van der Waals surface area contributed by atoms with Crippen molar-refractivity contribution in [1.29, 1.82) is 0 Å². The lowest BCUT2D eigenvalue weighted by atomic mass is 10.1. The van der Waals surface area contributed by atoms with Gasteiger partial charge < -0.3 is 4.74 Å². The van der Waals surface area contributed by atoms with E-state index in [1.54, 1.807) is 7.11 Å². The van der Waals surface area contributed by atoms with Crippen molar-refractivity contribution >= 4 is 79.4 Å². The fourth-order valence-corrected chi connectivity index (χ4v) is 2.49. The molecule has 0 saturated heterocycles. The first-order valence-corrected chi connectivity index (χ1v) is 7.56. The van der Waals surface area contributed by atoms with E-state index >= 15 is 0 Å². The molecule has 5 heteroatoms. The fourth-order valence-electron chi connectivity index (χ4n) is 1.06. The van der Waals surface area contributed by atoms with Crippen molar-refractivity contribution < 1.29 is 4.74 Å². The van der Waals surface area contributed by atoms with Gasteiger partial charge in [0.05, 0.1) is 7.11 Å². The maximum atomic E-state index is 5.80. The predicted octanol–water partition coefficient (Wildman–Crippen LogP) is 4.85. The zero-order valence-electron chi connectivity index (χ0n) is 7.36. The minimum absolute atomic E-state index is 0.000687. The van der Waals surface area contributed by atoms with E-state index in [2.05, 4.69) is 73.8 Å². The molecule has 0 aliphatic heterocycles. The average Bonchev–Trinajstić information content (AvgIpc) is 2.15. The Morgan fingerprint density at radius 2 is 2.00 bits per heavy atom. The summed E-state index contributed by atoms with van der Waals surface area (Å²) in [5.41, 5.74) is 2.29. The third-order valence-electron chi connectivity index (χ3n) is 1.72. The first-order valence-electron chi connectivity index (χ1n) is 3.79. The number of methoxy groups -OCH3 is 1. The molecule has 1 nitrogen and oxygen atoms in total. The van der Waals surface area contributed by atoms with E-state index in [-0.39, 0.29) is -0.565 Å². The summed E-state index contributed by atoms with van der Waals surface area (Å²) in [4.78, 5) is 0. The van der Waals surface area contributed by atoms with E-state index in [4.69, 9.17) is 16.3 Å². The second-order valence-corrected chi connectivity index (χ2v) is 14.0. The van der Waals surface area contributed by atoms with Crippen LogP contribution in [0, 0.1) is 0 Å². The van der Waals surface area contributed by atoms with Gasteiger partial charge in [0, 0.05) is 11.4 Å². The van der Waals surface area contributed by atoms with E-state index < -0.39 is 0 Å². The van der Waals surface area contributed by atoms with Crippen LogP contribution in [0.3, 0.4) is 0 Å². The first kappa shape index (κ1) is 13.6. The van der Waals surface area contributed by atoms with Gasteiger partial charge in [0.1, 0.15) is 5.75 Å². The third-order valence-corrected chi connectivity index (χ3v) is 3.78. The van der Waals surface area contributed by atoms with Gasteiger partial charge >= 0.3 is 0 Å². The highest BCUT2D eigenvalue weighted by Gasteiger charge is 2.24. The van der Waals surface area contributed by atoms with Gasteiger partial charge in [-0.3, -0.25) is 0 Å². The molecule has 0 aromatic heterocycles. The second-order valence-electron chi connectivity index (χ2n) is 2.67. The molecule has 0 atom stereocenters. The van der Waals surface area contributed by atoms with Crippen LogP contribution in [-0.2, 0) is 5.32 Å². The topological polar surface area (TPSA) is 9.23 Å². The van der Waals surface area contributed by atoms with Gasteiger partial charge in [-0.25, -0.2) is 0 Å². The van der Waals surface area contributed by atoms with Crippen LogP contribution in [0.25, 0.3) is 0 Å². The van der Waals surface area contributed by atoms with Crippen molar-refractivity contribution in [1.82, 2.24) is 0 Å². The number of hydrogen-bond donors (Lipinski definition) is 0. The molecule has 1 aromatic carbocycles. The molecule has 1 aromatic rings. The van der Waals surface area contributed by atoms with Crippen LogP contribution < -0.4 is 4.74 Å². The molecule has 0 aliphatic rings. The van der Waals surface area contributed by atoms with E-state index in [0.29, 0.717) is 5.88 Å². The van der Waals surface area contributed by atoms with Crippen molar-refractivity contribution in [2.45, 2.75) is 5.32 Å². The van der Waals surface area contributed by atoms with Crippen LogP contribution in [0.4, 0.5) is 0 Å². The largest absolute Gasteiger partial charge is 0.496 e. The Hall–Kier alpha value is 1.50. The lowest BCUT2D eigenvalue weighted by Gasteiger charge is -2.17. The highest BCUT2D eigenvalue weighted by molar-refractivity contribution is 14.3. The Bertz CT molecular complexity index is 322. The summed E-state index contributed by atoms with van der Waals surface area (Å²) in [5, 5.41) is 0. The lowest BCUT2D eigenvalue weighted by molar-refractivity contribution is 0.411. The lowest BCUT2D eigenvalue weighted by Crippen LogP contribution is -2.02. The van der Waals surface area contributed by atoms with E-state index in [1.165, 1.54) is 5.56 Å². The number of benzene rings is 1. The van der Waals surface area contributed by atoms with Gasteiger partial charge in [0.2, 0.25) is 0 Å². The Balaban J connectivity index is 3.22. The average molecular weight is 548 g/mol. The SMILES string of the molecule is COc1ccc(CCl)cc1C(I)(I)I. The molecule has 0 N–H and O–H groups in total. The molecule has 0 saturated carbocycles. The zero-order valence-corrected chi connectivity index (χ0v) is 14.6. The van der Waals surface area contributed by atoms with E-state index in [9.17, 15) is 0 Å². The van der Waals surface area contributed by atoms with Crippen molar-refractivity contribution in [2.24, 2.45) is 0 Å². The standard InChI is InChI=1S/C9H8ClI3O/c1-14-8-3-2-6(5-10)4-7(8)9(11,12)13/h2-4H,5H2,1H3. The summed E-state index contributed by atoms with van der Waals surface area (Å²) in [6, 6.07) is 6.06. The number of halogens is 4. The highest BCUT2D eigenvalue weighted by atomic mass is 127. The van der Waals surface area contributed by atoms with Gasteiger partial charge in [-0.05, 0) is 85.5 Å². The normalized spacial score (nSPS) is 11.5. The quantitative estimate of drug-likeness (QED) is 0.388. The smallest absolute Gasteiger partial charge is 0.152 e. The minimum Gasteiger partial charge on any atom is -0.496 e. The third kappa shape index (κ3) is 3.51. The van der Waals surface area contributed by atoms with Gasteiger partial charge in [0.15, 0.2) is -0.565 Å². The van der Waals surface area contributed by atoms with Crippen LogP contribution in [-0.4, -0.2) is 7.11 Å². The number of rotatable bonds is 3. The molecule has 0 heterocycles. The van der Waals surface area contributed by atoms with Crippen LogP contribution in [0.2, 0.25) is 0 Å². The summed E-state index contributed by atoms with van der Waals surface area (Å²) in [7, 11) is 1.69. The Kier molecular flexibility index (Phi) is 5.54. The van der Waals surface area contributed by atoms with Crippen LogP contribution in [0.15, 0.2) is 18.2 Å². The van der Waals surface area contributed by atoms with Crippen LogP contribution >= 0.6 is 79.4 Å². The summed E-state index contributed by atoms with van der Waals surface area (Å²) >= 11 is 12.9. The molecule has 1 rings (SSSR count). The van der Waals surface area contributed by atoms with Gasteiger partial charge in [0.25, 0.3) is 0 Å². The number of hydrogen-bond acceptors (Lipinski definition) is 1. The van der Waals surface area contributed by atoms with Crippen LogP contribution in [0.5, 0.6) is 5.75 Å². The van der Waals surface area contributed by atoms with Crippen LogP contribution in [0.1, 0.15) is 11.1 Å². The molecule has 0 radical (unpaired) electrons. The molecular formula is C9H8ClI3O. The maximum absolute atomic E-state index is 5.80. The second kappa shape index (κ2) is 5.72. The zero-order chi connectivity index (χ0) is 10.8. The van der Waals surface area contributed by atoms with Crippen molar-refractivity contribution in [3.8, 4) is 5.75 Å². The first-order chi connectivity index (χ1) is 6.49. The van der Waals surface area contributed by atoms with E-state index in [0.717, 1.165) is 11.3 Å². The molecular weight excluding hydrogens is 540 g/mol. The number of ether oxygens (including phenoxy) is 1. The molecule has 0 spiro atoms. The van der Waals surface area contributed by atoms with Crippen molar-refractivity contribution in [3.63, 3.8) is 0 Å². The number of alkyl halides is 4. The Morgan fingerprint density at radius 1 is 1.36 bits per heavy atom. The molecule has 14 heavy (non-hydrogen) atoms. The minimum atomic E-state index is 0.000687. The Labute approximate surface area is 130 Å². The van der Waals surface area contributed by atoms with Crippen molar-refractivity contribution in [3.05, 3.63) is 29.3 Å². The van der Waals surface area contributed by atoms with Gasteiger partial charge in [-0.2, -0.15) is 0 Å². The molecule has 0 amide bonds. The van der Waals surface area contributed by atoms with Gasteiger partial charge in [-0.15, -0.1) is 11.6 Å². The summed E-state index contributed by atoms with van der Waals surface area (Å²) in [5.74, 6) is 1.45. The summed E-state index contributed by atoms with van der Waals surface area (Å²) < 4.78 is 5.31. The summed E-state index contributed by atoms with van der Waals surface area (Å²) in [6.07, 6.45) is 0. The molecule has 0 bridgehead atoms. The van der Waals surface area contributed by atoms with E-state index in [1.807, 2.05) is 12.1 Å². The monoisotopic (exact) mass is 548 g/mol. The fraction of sp³-hybridized carbons (Fsp3) is 0.333. The Morgan fingerprint density at radius 3 is 2.43 bits per heavy atom. The highest BCUT2D eigenvalue weighted by Crippen LogP contribution is 2.49. The van der Waals surface area contributed by atoms with Crippen molar-refractivity contribution in [2.75, 3.05) is 7.11 Å². The molecule has 0 aliphatic carbocycles. The molecule has 78 valence electrons. The summed E-state index contributed by atoms with van der Waals surface area (Å²) in [6.45, 7) is 0. The maximum Gasteiger partial charge on any atom is 0.152 e. The van der Waals surface area contributed by atoms with Gasteiger partial charge in [-0.1, -0.05) is 6.07 Å². The molecule has 0 unspecified atom stereocenters. The molecule has 0 fully saturated rings.